The van der Waals surface area contributed by atoms with Gasteiger partial charge in [-0.15, -0.1) is 0 Å². The van der Waals surface area contributed by atoms with E-state index in [-0.39, 0.29) is 11.9 Å². The van der Waals surface area contributed by atoms with Gasteiger partial charge in [0.25, 0.3) is 5.91 Å². The number of rotatable bonds is 3. The van der Waals surface area contributed by atoms with Crippen LogP contribution in [0.5, 0.6) is 0 Å². The van der Waals surface area contributed by atoms with E-state index in [1.54, 1.807) is 30.5 Å². The molecule has 1 aliphatic heterocycles. The summed E-state index contributed by atoms with van der Waals surface area (Å²) in [5, 5.41) is 6.65. The minimum absolute atomic E-state index is 0.179. The van der Waals surface area contributed by atoms with Gasteiger partial charge in [-0.25, -0.2) is 5.01 Å². The molecule has 1 aliphatic rings. The molecule has 1 aromatic heterocycles. The maximum atomic E-state index is 13.1. The molecule has 0 N–H and O–H groups in total. The van der Waals surface area contributed by atoms with Crippen molar-refractivity contribution in [2.24, 2.45) is 5.10 Å². The van der Waals surface area contributed by atoms with E-state index < -0.39 is 0 Å². The quantitative estimate of drug-likeness (QED) is 0.638. The topological polar surface area (TPSA) is 45.8 Å². The number of hydrogen-bond donors (Lipinski definition) is 0. The molecule has 0 saturated heterocycles. The molecular formula is C21H17ClN2O2. The number of amides is 1. The van der Waals surface area contributed by atoms with Crippen LogP contribution in [0.15, 0.2) is 76.4 Å². The van der Waals surface area contributed by atoms with Crippen molar-refractivity contribution in [3.05, 3.63) is 94.4 Å². The Morgan fingerprint density at radius 3 is 2.73 bits per heavy atom. The Morgan fingerprint density at radius 2 is 2.00 bits per heavy atom. The first-order chi connectivity index (χ1) is 12.6. The van der Waals surface area contributed by atoms with Gasteiger partial charge in [0.2, 0.25) is 0 Å². The number of aryl methyl sites for hydroxylation is 1. The van der Waals surface area contributed by atoms with Crippen LogP contribution in [0.1, 0.15) is 39.7 Å². The van der Waals surface area contributed by atoms with Gasteiger partial charge in [-0.05, 0) is 42.8 Å². The van der Waals surface area contributed by atoms with E-state index >= 15 is 0 Å². The molecule has 130 valence electrons. The standard InChI is InChI=1S/C21H17ClN2O2/c1-14-5-2-6-15(11-14)19-13-18(20-9-4-10-26-20)23-24(19)21(25)16-7-3-8-17(22)12-16/h2-12,19H,13H2,1H3/t19-/m1/s1. The van der Waals surface area contributed by atoms with Crippen LogP contribution in [-0.4, -0.2) is 16.6 Å². The summed E-state index contributed by atoms with van der Waals surface area (Å²) in [6, 6.07) is 18.6. The van der Waals surface area contributed by atoms with Gasteiger partial charge in [0.05, 0.1) is 12.3 Å². The van der Waals surface area contributed by atoms with Gasteiger partial charge >= 0.3 is 0 Å². The second-order valence-electron chi connectivity index (χ2n) is 6.32. The van der Waals surface area contributed by atoms with Gasteiger partial charge in [-0.2, -0.15) is 5.10 Å². The average Bonchev–Trinajstić information content (AvgIpc) is 3.30. The maximum Gasteiger partial charge on any atom is 0.274 e. The Morgan fingerprint density at radius 1 is 1.15 bits per heavy atom. The molecule has 0 radical (unpaired) electrons. The summed E-state index contributed by atoms with van der Waals surface area (Å²) in [5.74, 6) is 0.504. The molecule has 0 spiro atoms. The molecule has 1 amide bonds. The van der Waals surface area contributed by atoms with Crippen molar-refractivity contribution in [1.82, 2.24) is 5.01 Å². The predicted octanol–water partition coefficient (Wildman–Crippen LogP) is 5.23. The van der Waals surface area contributed by atoms with Gasteiger partial charge in [0.1, 0.15) is 11.5 Å². The zero-order valence-corrected chi connectivity index (χ0v) is 15.0. The lowest BCUT2D eigenvalue weighted by Crippen LogP contribution is -2.27. The summed E-state index contributed by atoms with van der Waals surface area (Å²) >= 11 is 6.06. The van der Waals surface area contributed by atoms with Crippen molar-refractivity contribution in [2.45, 2.75) is 19.4 Å². The summed E-state index contributed by atoms with van der Waals surface area (Å²) in [6.07, 6.45) is 2.21. The van der Waals surface area contributed by atoms with Crippen molar-refractivity contribution >= 4 is 23.2 Å². The molecule has 0 saturated carbocycles. The first-order valence-electron chi connectivity index (χ1n) is 8.39. The van der Waals surface area contributed by atoms with E-state index in [1.807, 2.05) is 37.3 Å². The SMILES string of the molecule is Cc1cccc([C@H]2CC(c3ccco3)=NN2C(=O)c2cccc(Cl)c2)c1. The molecule has 5 heteroatoms. The summed E-state index contributed by atoms with van der Waals surface area (Å²) in [6.45, 7) is 2.04. The lowest BCUT2D eigenvalue weighted by molar-refractivity contribution is 0.0711. The Balaban J connectivity index is 1.74. The van der Waals surface area contributed by atoms with E-state index in [0.29, 0.717) is 22.8 Å². The van der Waals surface area contributed by atoms with Crippen LogP contribution >= 0.6 is 11.6 Å². The number of carbonyl (C=O) groups is 1. The summed E-state index contributed by atoms with van der Waals surface area (Å²) in [7, 11) is 0. The lowest BCUT2D eigenvalue weighted by Gasteiger charge is -2.22. The Labute approximate surface area is 156 Å². The van der Waals surface area contributed by atoms with E-state index in [9.17, 15) is 4.79 Å². The maximum absolute atomic E-state index is 13.1. The van der Waals surface area contributed by atoms with Crippen molar-refractivity contribution in [3.8, 4) is 0 Å². The summed E-state index contributed by atoms with van der Waals surface area (Å²) in [5.41, 5.74) is 3.46. The average molecular weight is 365 g/mol. The Kier molecular flexibility index (Phi) is 4.35. The molecule has 0 aliphatic carbocycles. The van der Waals surface area contributed by atoms with Crippen molar-refractivity contribution in [2.75, 3.05) is 0 Å². The van der Waals surface area contributed by atoms with E-state index in [1.165, 1.54) is 5.01 Å². The summed E-state index contributed by atoms with van der Waals surface area (Å²) in [4.78, 5) is 13.1. The van der Waals surface area contributed by atoms with Crippen LogP contribution in [0.25, 0.3) is 0 Å². The molecule has 26 heavy (non-hydrogen) atoms. The molecular weight excluding hydrogens is 348 g/mol. The second-order valence-corrected chi connectivity index (χ2v) is 6.75. The van der Waals surface area contributed by atoms with Gasteiger partial charge in [0.15, 0.2) is 0 Å². The molecule has 4 nitrogen and oxygen atoms in total. The van der Waals surface area contributed by atoms with Crippen LogP contribution in [0.4, 0.5) is 0 Å². The fourth-order valence-electron chi connectivity index (χ4n) is 3.18. The highest BCUT2D eigenvalue weighted by atomic mass is 35.5. The highest BCUT2D eigenvalue weighted by molar-refractivity contribution is 6.31. The van der Waals surface area contributed by atoms with Gasteiger partial charge in [0, 0.05) is 17.0 Å². The zero-order chi connectivity index (χ0) is 18.1. The predicted molar refractivity (Wildman–Crippen MR) is 101 cm³/mol. The third kappa shape index (κ3) is 3.16. The lowest BCUT2D eigenvalue weighted by atomic mass is 9.99. The molecule has 0 fully saturated rings. The summed E-state index contributed by atoms with van der Waals surface area (Å²) < 4.78 is 5.49. The zero-order valence-electron chi connectivity index (χ0n) is 14.2. The fourth-order valence-corrected chi connectivity index (χ4v) is 3.37. The third-order valence-corrected chi connectivity index (χ3v) is 4.66. The number of furan rings is 1. The minimum Gasteiger partial charge on any atom is -0.463 e. The molecule has 0 unspecified atom stereocenters. The van der Waals surface area contributed by atoms with Crippen LogP contribution in [0.2, 0.25) is 5.02 Å². The smallest absolute Gasteiger partial charge is 0.274 e. The van der Waals surface area contributed by atoms with Crippen molar-refractivity contribution in [1.29, 1.82) is 0 Å². The number of benzene rings is 2. The molecule has 3 aromatic rings. The second kappa shape index (κ2) is 6.81. The van der Waals surface area contributed by atoms with Crippen molar-refractivity contribution < 1.29 is 9.21 Å². The highest BCUT2D eigenvalue weighted by Crippen LogP contribution is 2.34. The molecule has 0 bridgehead atoms. The molecule has 4 rings (SSSR count). The fraction of sp³-hybridized carbons (Fsp3) is 0.143. The normalized spacial score (nSPS) is 16.6. The van der Waals surface area contributed by atoms with Crippen LogP contribution in [-0.2, 0) is 0 Å². The third-order valence-electron chi connectivity index (χ3n) is 4.42. The van der Waals surface area contributed by atoms with Gasteiger partial charge in [-0.1, -0.05) is 47.5 Å². The Hall–Kier alpha value is -2.85. The van der Waals surface area contributed by atoms with Crippen molar-refractivity contribution in [3.63, 3.8) is 0 Å². The van der Waals surface area contributed by atoms with E-state index in [0.717, 1.165) is 16.8 Å². The van der Waals surface area contributed by atoms with Crippen LogP contribution in [0, 0.1) is 6.92 Å². The molecule has 1 atom stereocenters. The van der Waals surface area contributed by atoms with E-state index in [2.05, 4.69) is 11.2 Å². The number of carbonyl (C=O) groups excluding carboxylic acids is 1. The van der Waals surface area contributed by atoms with Crippen LogP contribution < -0.4 is 0 Å². The largest absolute Gasteiger partial charge is 0.463 e. The monoisotopic (exact) mass is 364 g/mol. The number of hydrogen-bond acceptors (Lipinski definition) is 3. The number of halogens is 1. The Bertz CT molecular complexity index is 979. The molecule has 2 aromatic carbocycles. The molecule has 2 heterocycles. The number of hydrazone groups is 1. The highest BCUT2D eigenvalue weighted by Gasteiger charge is 2.34. The van der Waals surface area contributed by atoms with Crippen LogP contribution in [0.3, 0.4) is 0 Å². The number of nitrogens with zero attached hydrogens (tertiary/aromatic N) is 2. The minimum atomic E-state index is -0.180. The van der Waals surface area contributed by atoms with Gasteiger partial charge < -0.3 is 4.42 Å². The van der Waals surface area contributed by atoms with E-state index in [4.69, 9.17) is 16.0 Å². The first kappa shape index (κ1) is 16.6. The van der Waals surface area contributed by atoms with Gasteiger partial charge in [-0.3, -0.25) is 4.79 Å². The first-order valence-corrected chi connectivity index (χ1v) is 8.76.